The fourth-order valence-electron chi connectivity index (χ4n) is 9.22. The van der Waals surface area contributed by atoms with Crippen molar-refractivity contribution < 1.29 is 26.4 Å². The second-order valence-electron chi connectivity index (χ2n) is 15.6. The molecule has 0 spiro atoms. The minimum absolute atomic E-state index is 0.00969. The number of anilines is 1. The van der Waals surface area contributed by atoms with Gasteiger partial charge in [0.15, 0.2) is 0 Å². The molecule has 0 aromatic heterocycles. The lowest BCUT2D eigenvalue weighted by molar-refractivity contribution is 0.256. The summed E-state index contributed by atoms with van der Waals surface area (Å²) in [6.45, 7) is 3.52. The van der Waals surface area contributed by atoms with Crippen molar-refractivity contribution in [1.29, 1.82) is 0 Å². The fourth-order valence-corrected chi connectivity index (χ4v) is 11.5. The first-order chi connectivity index (χ1) is 24.8. The molecule has 2 aromatic carbocycles. The molecule has 284 valence electrons. The molecule has 4 aliphatic carbocycles. The number of rotatable bonds is 7. The molecule has 52 heavy (non-hydrogen) atoms. The summed E-state index contributed by atoms with van der Waals surface area (Å²) in [6.07, 6.45) is 16.6. The van der Waals surface area contributed by atoms with E-state index in [1.165, 1.54) is 57.3 Å². The number of nitrogens with two attached hydrogens (primary N) is 1. The van der Waals surface area contributed by atoms with Gasteiger partial charge in [0.1, 0.15) is 0 Å². The highest BCUT2D eigenvalue weighted by Gasteiger charge is 2.29. The Morgan fingerprint density at radius 1 is 0.750 bits per heavy atom. The van der Waals surface area contributed by atoms with Crippen molar-refractivity contribution in [3.8, 4) is 0 Å². The average molecular weight is 755 g/mol. The number of fused-ring (bicyclic) bond motifs is 4. The zero-order valence-electron chi connectivity index (χ0n) is 30.6. The Balaban J connectivity index is 0.000000150. The molecule has 2 unspecified atom stereocenters. The zero-order chi connectivity index (χ0) is 37.0. The number of carbonyl (C=O) groups excluding carboxylic acids is 2. The van der Waals surface area contributed by atoms with Gasteiger partial charge in [0, 0.05) is 18.8 Å². The number of amides is 2. The number of hydrogen-bond donors (Lipinski definition) is 3. The maximum atomic E-state index is 12.5. The van der Waals surface area contributed by atoms with Gasteiger partial charge in [0.2, 0.25) is 26.1 Å². The highest BCUT2D eigenvalue weighted by molar-refractivity contribution is 7.90. The minimum atomic E-state index is -3.62. The topological polar surface area (TPSA) is 171 Å². The molecular formula is C38H54N6O6S2. The van der Waals surface area contributed by atoms with Crippen LogP contribution in [0.15, 0.2) is 17.1 Å². The summed E-state index contributed by atoms with van der Waals surface area (Å²) in [5.41, 5.74) is 12.4. The first kappa shape index (κ1) is 38.6. The maximum Gasteiger partial charge on any atom is 0.332 e. The Kier molecular flexibility index (Phi) is 12.2. The Labute approximate surface area is 309 Å². The van der Waals surface area contributed by atoms with E-state index in [2.05, 4.69) is 37.0 Å². The van der Waals surface area contributed by atoms with Crippen LogP contribution >= 0.6 is 0 Å². The normalized spacial score (nSPS) is 21.9. The third kappa shape index (κ3) is 9.69. The monoisotopic (exact) mass is 754 g/mol. The first-order valence-electron chi connectivity index (χ1n) is 18.9. The van der Waals surface area contributed by atoms with Gasteiger partial charge in [-0.25, -0.2) is 36.3 Å². The summed E-state index contributed by atoms with van der Waals surface area (Å²) in [5, 5.41) is 7.81. The summed E-state index contributed by atoms with van der Waals surface area (Å²) in [4.78, 5) is 31.1. The molecule has 2 heterocycles. The number of sulfonamides is 2. The number of likely N-dealkylation sites (tertiary alicyclic amines) is 2. The predicted octanol–water partition coefficient (Wildman–Crippen LogP) is 3.92. The number of carbonyl (C=O) groups is 1. The molecule has 4 N–H and O–H groups in total. The van der Waals surface area contributed by atoms with Gasteiger partial charge in [0.25, 0.3) is 0 Å². The largest absolute Gasteiger partial charge is 0.332 e. The Morgan fingerprint density at radius 3 is 1.62 bits per heavy atom. The molecule has 6 aliphatic rings. The lowest BCUT2D eigenvalue weighted by Gasteiger charge is -2.17. The smallest absolute Gasteiger partial charge is 0.307 e. The predicted molar refractivity (Wildman–Crippen MR) is 204 cm³/mol. The van der Waals surface area contributed by atoms with Crippen LogP contribution in [0.4, 0.5) is 16.2 Å². The molecule has 2 amide bonds. The molecule has 12 nitrogen and oxygen atoms in total. The highest BCUT2D eigenvalue weighted by atomic mass is 32.2. The van der Waals surface area contributed by atoms with Crippen LogP contribution in [0, 0.1) is 11.8 Å². The van der Waals surface area contributed by atoms with Gasteiger partial charge < -0.3 is 15.1 Å². The molecule has 0 radical (unpaired) electrons. The van der Waals surface area contributed by atoms with Gasteiger partial charge in [-0.2, -0.15) is 4.99 Å². The minimum Gasteiger partial charge on any atom is -0.307 e. The number of aryl methyl sites for hydroxylation is 4. The van der Waals surface area contributed by atoms with E-state index < -0.39 is 26.1 Å². The lowest BCUT2D eigenvalue weighted by atomic mass is 9.99. The van der Waals surface area contributed by atoms with E-state index in [-0.39, 0.29) is 23.3 Å². The van der Waals surface area contributed by atoms with Gasteiger partial charge in [0.05, 0.1) is 17.2 Å². The zero-order valence-corrected chi connectivity index (χ0v) is 32.3. The van der Waals surface area contributed by atoms with Crippen molar-refractivity contribution in [2.45, 2.75) is 89.9 Å². The van der Waals surface area contributed by atoms with Gasteiger partial charge in [-0.1, -0.05) is 12.1 Å². The van der Waals surface area contributed by atoms with E-state index in [1.807, 2.05) is 14.1 Å². The molecule has 14 heteroatoms. The molecule has 0 saturated carbocycles. The highest BCUT2D eigenvalue weighted by Crippen LogP contribution is 2.40. The SMILES string of the molecule is CN1CCC(CS(=O)(=O)NC(=O)Nc2c3c(cc4c2CCC4)CCC3)C1.CN1CCC(CS(N)(=O)=O)C1.O=C=Nc1c2c(cc3c1CCC3)CCC2. The third-order valence-electron chi connectivity index (χ3n) is 11.5. The standard InChI is InChI=1S/C19H27N3O3S.C13H13NO.C6H14N2O2S/c1-22-9-8-13(11-22)12-26(24,25)21-19(23)20-18-16-6-2-4-14(16)10-15-5-3-7-17(15)18;15-8-14-13-11-5-1-3-9(11)7-10-4-2-6-12(10)13;1-8-3-2-6(4-8)5-11(7,9)10/h10,13H,2-9,11-12H2,1H3,(H2,20,21,23);7H,1-6H2;6H,2-5H2,1H3,(H2,7,9,10). The van der Waals surface area contributed by atoms with Crippen LogP contribution in [0.2, 0.25) is 0 Å². The van der Waals surface area contributed by atoms with E-state index >= 15 is 0 Å². The van der Waals surface area contributed by atoms with Crippen LogP contribution in [-0.4, -0.2) is 90.5 Å². The van der Waals surface area contributed by atoms with Crippen LogP contribution < -0.4 is 15.2 Å². The van der Waals surface area contributed by atoms with Gasteiger partial charge in [-0.05, 0) is 173 Å². The first-order valence-corrected chi connectivity index (χ1v) is 22.2. The van der Waals surface area contributed by atoms with Crippen molar-refractivity contribution in [2.75, 3.05) is 57.1 Å². The van der Waals surface area contributed by atoms with Crippen LogP contribution in [-0.2, 0) is 76.2 Å². The molecule has 2 aliphatic heterocycles. The Hall–Kier alpha value is -3.13. The Morgan fingerprint density at radius 2 is 1.19 bits per heavy atom. The molecule has 2 fully saturated rings. The van der Waals surface area contributed by atoms with Gasteiger partial charge in [-0.15, -0.1) is 0 Å². The van der Waals surface area contributed by atoms with Gasteiger partial charge >= 0.3 is 6.03 Å². The van der Waals surface area contributed by atoms with E-state index in [0.717, 1.165) is 115 Å². The van der Waals surface area contributed by atoms with E-state index in [4.69, 9.17) is 5.14 Å². The van der Waals surface area contributed by atoms with Crippen molar-refractivity contribution in [3.05, 3.63) is 56.6 Å². The fraction of sp³-hybridized carbons (Fsp3) is 0.632. The van der Waals surface area contributed by atoms with E-state index in [1.54, 1.807) is 6.08 Å². The molecule has 2 aromatic rings. The van der Waals surface area contributed by atoms with Crippen LogP contribution in [0.1, 0.15) is 83.0 Å². The van der Waals surface area contributed by atoms with Crippen molar-refractivity contribution >= 4 is 43.5 Å². The number of hydrogen-bond acceptors (Lipinski definition) is 9. The maximum absolute atomic E-state index is 12.5. The van der Waals surface area contributed by atoms with Crippen molar-refractivity contribution in [2.24, 2.45) is 22.0 Å². The van der Waals surface area contributed by atoms with Crippen LogP contribution in [0.25, 0.3) is 0 Å². The summed E-state index contributed by atoms with van der Waals surface area (Å²) in [5.74, 6) is 0.484. The number of primary sulfonamides is 1. The molecule has 2 saturated heterocycles. The molecule has 2 atom stereocenters. The molecule has 8 rings (SSSR count). The third-order valence-corrected chi connectivity index (χ3v) is 13.8. The number of aliphatic imine (C=N–C) groups is 1. The average Bonchev–Trinajstić information content (AvgIpc) is 3.90. The number of benzene rings is 2. The molecular weight excluding hydrogens is 701 g/mol. The molecule has 0 bridgehead atoms. The lowest BCUT2D eigenvalue weighted by Crippen LogP contribution is -2.38. The van der Waals surface area contributed by atoms with Crippen LogP contribution in [0.5, 0.6) is 0 Å². The van der Waals surface area contributed by atoms with Crippen molar-refractivity contribution in [1.82, 2.24) is 14.5 Å². The second kappa shape index (κ2) is 16.5. The summed E-state index contributed by atoms with van der Waals surface area (Å²) in [7, 11) is -2.90. The number of nitrogens with zero attached hydrogens (tertiary/aromatic N) is 3. The summed E-state index contributed by atoms with van der Waals surface area (Å²) in [6, 6.07) is 4.01. The second-order valence-corrected chi connectivity index (χ2v) is 19.1. The Bertz CT molecular complexity index is 1880. The summed E-state index contributed by atoms with van der Waals surface area (Å²) < 4.78 is 48.3. The van der Waals surface area contributed by atoms with Crippen LogP contribution in [0.3, 0.4) is 0 Å². The van der Waals surface area contributed by atoms with Crippen molar-refractivity contribution in [3.63, 3.8) is 0 Å². The van der Waals surface area contributed by atoms with Gasteiger partial charge in [-0.3, -0.25) is 0 Å². The summed E-state index contributed by atoms with van der Waals surface area (Å²) >= 11 is 0. The quantitative estimate of drug-likeness (QED) is 0.282. The number of nitrogens with one attached hydrogen (secondary N) is 2. The number of isocyanates is 1. The number of urea groups is 1. The van der Waals surface area contributed by atoms with E-state index in [9.17, 15) is 26.4 Å². The van der Waals surface area contributed by atoms with E-state index in [0.29, 0.717) is 0 Å².